The Bertz CT molecular complexity index is 682. The van der Waals surface area contributed by atoms with Gasteiger partial charge in [0.15, 0.2) is 0 Å². The molecule has 114 valence electrons. The van der Waals surface area contributed by atoms with Crippen LogP contribution in [-0.2, 0) is 7.05 Å². The first kappa shape index (κ1) is 13.4. The van der Waals surface area contributed by atoms with Crippen LogP contribution in [0.25, 0.3) is 0 Å². The smallest absolute Gasteiger partial charge is 0.270 e. The van der Waals surface area contributed by atoms with Crippen LogP contribution < -0.4 is 4.74 Å². The van der Waals surface area contributed by atoms with Crippen molar-refractivity contribution in [2.45, 2.75) is 25.0 Å². The van der Waals surface area contributed by atoms with Gasteiger partial charge in [-0.1, -0.05) is 6.07 Å². The minimum Gasteiger partial charge on any atom is -0.472 e. The molecule has 1 aliphatic carbocycles. The summed E-state index contributed by atoms with van der Waals surface area (Å²) in [5.74, 6) is 1.17. The largest absolute Gasteiger partial charge is 0.472 e. The summed E-state index contributed by atoms with van der Waals surface area (Å²) in [6.45, 7) is 0.784. The lowest BCUT2D eigenvalue weighted by molar-refractivity contribution is 0.0655. The number of aromatic nitrogens is 2. The topological polar surface area (TPSA) is 47.4 Å². The number of likely N-dealkylation sites (tertiary alicyclic amines) is 1. The summed E-state index contributed by atoms with van der Waals surface area (Å²) in [7, 11) is 1.91. The van der Waals surface area contributed by atoms with E-state index in [1.165, 1.54) is 0 Å². The van der Waals surface area contributed by atoms with Crippen LogP contribution in [0.4, 0.5) is 0 Å². The molecule has 4 rings (SSSR count). The van der Waals surface area contributed by atoms with Crippen molar-refractivity contribution in [1.82, 2.24) is 14.5 Å². The highest BCUT2D eigenvalue weighted by molar-refractivity contribution is 5.93. The molecule has 1 saturated heterocycles. The average Bonchev–Trinajstić information content (AvgIpc) is 3.23. The zero-order valence-corrected chi connectivity index (χ0v) is 12.6. The number of fused-ring (bicyclic) bond motifs is 2. The van der Waals surface area contributed by atoms with Crippen LogP contribution >= 0.6 is 0 Å². The van der Waals surface area contributed by atoms with E-state index in [0.717, 1.165) is 25.1 Å². The third kappa shape index (κ3) is 2.08. The van der Waals surface area contributed by atoms with E-state index < -0.39 is 0 Å². The van der Waals surface area contributed by atoms with Crippen LogP contribution in [-0.4, -0.2) is 39.0 Å². The molecule has 2 bridgehead atoms. The predicted molar refractivity (Wildman–Crippen MR) is 81.6 cm³/mol. The van der Waals surface area contributed by atoms with E-state index in [-0.39, 0.29) is 18.1 Å². The molecule has 0 N–H and O–H groups in total. The SMILES string of the molecule is Cn1cccc1C(=O)N1C[C@H]2CC[C@H]1[C@@H]2Oc1ccccn1. The first-order valence-corrected chi connectivity index (χ1v) is 7.74. The van der Waals surface area contributed by atoms with Crippen LogP contribution in [0.15, 0.2) is 42.7 Å². The Morgan fingerprint density at radius 1 is 1.27 bits per heavy atom. The molecule has 5 heteroatoms. The second kappa shape index (κ2) is 5.16. The minimum absolute atomic E-state index is 0.0686. The highest BCUT2D eigenvalue weighted by Crippen LogP contribution is 2.40. The molecule has 22 heavy (non-hydrogen) atoms. The van der Waals surface area contributed by atoms with Crippen molar-refractivity contribution in [3.8, 4) is 5.88 Å². The molecule has 0 unspecified atom stereocenters. The lowest BCUT2D eigenvalue weighted by atomic mass is 10.1. The van der Waals surface area contributed by atoms with Crippen molar-refractivity contribution in [2.24, 2.45) is 13.0 Å². The normalized spacial score (nSPS) is 26.4. The molecule has 0 aromatic carbocycles. The van der Waals surface area contributed by atoms with Crippen LogP contribution in [0.3, 0.4) is 0 Å². The Hall–Kier alpha value is -2.30. The zero-order chi connectivity index (χ0) is 15.1. The summed E-state index contributed by atoms with van der Waals surface area (Å²) < 4.78 is 7.96. The number of carbonyl (C=O) groups is 1. The minimum atomic E-state index is 0.0686. The van der Waals surface area contributed by atoms with Gasteiger partial charge in [0.2, 0.25) is 5.88 Å². The Kier molecular flexibility index (Phi) is 3.13. The number of ether oxygens (including phenoxy) is 1. The Labute approximate surface area is 129 Å². The summed E-state index contributed by atoms with van der Waals surface area (Å²) in [5.41, 5.74) is 0.740. The molecule has 3 heterocycles. The van der Waals surface area contributed by atoms with E-state index in [0.29, 0.717) is 11.8 Å². The lowest BCUT2D eigenvalue weighted by Crippen LogP contribution is -2.41. The van der Waals surface area contributed by atoms with Gasteiger partial charge in [0, 0.05) is 38.0 Å². The van der Waals surface area contributed by atoms with Gasteiger partial charge in [-0.2, -0.15) is 0 Å². The molecular weight excluding hydrogens is 278 g/mol. The molecular formula is C17H19N3O2. The quantitative estimate of drug-likeness (QED) is 0.871. The van der Waals surface area contributed by atoms with Crippen LogP contribution in [0.1, 0.15) is 23.3 Å². The van der Waals surface area contributed by atoms with Gasteiger partial charge < -0.3 is 14.2 Å². The summed E-state index contributed by atoms with van der Waals surface area (Å²) >= 11 is 0. The van der Waals surface area contributed by atoms with Crippen LogP contribution in [0.2, 0.25) is 0 Å². The first-order valence-electron chi connectivity index (χ1n) is 7.74. The van der Waals surface area contributed by atoms with Crippen molar-refractivity contribution in [2.75, 3.05) is 6.54 Å². The fraction of sp³-hybridized carbons (Fsp3) is 0.412. The molecule has 1 saturated carbocycles. The average molecular weight is 297 g/mol. The van der Waals surface area contributed by atoms with Gasteiger partial charge in [-0.3, -0.25) is 4.79 Å². The Balaban J connectivity index is 1.54. The van der Waals surface area contributed by atoms with Gasteiger partial charge in [-0.25, -0.2) is 4.98 Å². The summed E-state index contributed by atoms with van der Waals surface area (Å²) in [4.78, 5) is 19.0. The number of pyridine rings is 1. The van der Waals surface area contributed by atoms with Gasteiger partial charge in [0.1, 0.15) is 11.8 Å². The Morgan fingerprint density at radius 3 is 2.91 bits per heavy atom. The molecule has 2 aliphatic rings. The van der Waals surface area contributed by atoms with Crippen molar-refractivity contribution >= 4 is 5.91 Å². The number of rotatable bonds is 3. The van der Waals surface area contributed by atoms with Crippen LogP contribution in [0.5, 0.6) is 5.88 Å². The van der Waals surface area contributed by atoms with E-state index in [1.54, 1.807) is 6.20 Å². The van der Waals surface area contributed by atoms with E-state index in [2.05, 4.69) is 4.98 Å². The second-order valence-electron chi connectivity index (χ2n) is 6.12. The van der Waals surface area contributed by atoms with E-state index >= 15 is 0 Å². The van der Waals surface area contributed by atoms with Crippen molar-refractivity contribution < 1.29 is 9.53 Å². The van der Waals surface area contributed by atoms with E-state index in [9.17, 15) is 4.79 Å². The van der Waals surface area contributed by atoms with Crippen molar-refractivity contribution in [3.05, 3.63) is 48.4 Å². The highest BCUT2D eigenvalue weighted by atomic mass is 16.5. The van der Waals surface area contributed by atoms with Crippen molar-refractivity contribution in [3.63, 3.8) is 0 Å². The fourth-order valence-electron chi connectivity index (χ4n) is 3.74. The van der Waals surface area contributed by atoms with Crippen LogP contribution in [0, 0.1) is 5.92 Å². The molecule has 3 atom stereocenters. The van der Waals surface area contributed by atoms with E-state index in [1.807, 2.05) is 53.0 Å². The molecule has 2 aromatic rings. The van der Waals surface area contributed by atoms with Gasteiger partial charge in [-0.05, 0) is 31.0 Å². The number of hydrogen-bond donors (Lipinski definition) is 0. The number of amides is 1. The predicted octanol–water partition coefficient (Wildman–Crippen LogP) is 2.10. The maximum absolute atomic E-state index is 12.8. The maximum Gasteiger partial charge on any atom is 0.270 e. The molecule has 1 aliphatic heterocycles. The molecule has 1 amide bonds. The van der Waals surface area contributed by atoms with Gasteiger partial charge in [-0.15, -0.1) is 0 Å². The number of aryl methyl sites for hydroxylation is 1. The third-order valence-electron chi connectivity index (χ3n) is 4.83. The van der Waals surface area contributed by atoms with Gasteiger partial charge >= 0.3 is 0 Å². The summed E-state index contributed by atoms with van der Waals surface area (Å²) in [6.07, 6.45) is 5.85. The zero-order valence-electron chi connectivity index (χ0n) is 12.6. The van der Waals surface area contributed by atoms with Gasteiger partial charge in [0.25, 0.3) is 5.91 Å². The first-order chi connectivity index (χ1) is 10.7. The standard InChI is InChI=1S/C17H19N3O2/c1-19-10-4-5-14(19)17(21)20-11-12-7-8-13(20)16(12)22-15-6-2-3-9-18-15/h2-6,9-10,12-13,16H,7-8,11H2,1H3/t12-,13+,16-/m1/s1. The van der Waals surface area contributed by atoms with Crippen molar-refractivity contribution in [1.29, 1.82) is 0 Å². The fourth-order valence-corrected chi connectivity index (χ4v) is 3.74. The van der Waals surface area contributed by atoms with Gasteiger partial charge in [0.05, 0.1) is 6.04 Å². The summed E-state index contributed by atoms with van der Waals surface area (Å²) in [5, 5.41) is 0. The molecule has 2 fully saturated rings. The number of nitrogens with zero attached hydrogens (tertiary/aromatic N) is 3. The third-order valence-corrected chi connectivity index (χ3v) is 4.83. The molecule has 0 radical (unpaired) electrons. The number of hydrogen-bond acceptors (Lipinski definition) is 3. The Morgan fingerprint density at radius 2 is 2.18 bits per heavy atom. The molecule has 2 aromatic heterocycles. The lowest BCUT2D eigenvalue weighted by Gasteiger charge is -2.27. The highest BCUT2D eigenvalue weighted by Gasteiger charge is 2.50. The van der Waals surface area contributed by atoms with E-state index in [4.69, 9.17) is 4.74 Å². The molecule has 0 spiro atoms. The second-order valence-corrected chi connectivity index (χ2v) is 6.12. The number of carbonyl (C=O) groups excluding carboxylic acids is 1. The summed E-state index contributed by atoms with van der Waals surface area (Å²) in [6, 6.07) is 9.62. The molecule has 5 nitrogen and oxygen atoms in total. The maximum atomic E-state index is 12.8. The monoisotopic (exact) mass is 297 g/mol. The number of piperidine rings is 1.